The number of ether oxygens (including phenoxy) is 1. The third-order valence-electron chi connectivity index (χ3n) is 2.76. The van der Waals surface area contributed by atoms with Crippen LogP contribution < -0.4 is 10.6 Å². The lowest BCUT2D eigenvalue weighted by atomic mass is 10.2. The van der Waals surface area contributed by atoms with Gasteiger partial charge in [0.2, 0.25) is 0 Å². The van der Waals surface area contributed by atoms with Crippen molar-refractivity contribution in [2.24, 2.45) is 4.99 Å². The van der Waals surface area contributed by atoms with Gasteiger partial charge in [-0.3, -0.25) is 10.3 Å². The summed E-state index contributed by atoms with van der Waals surface area (Å²) in [6.07, 6.45) is 1.12. The molecule has 2 aromatic rings. The minimum Gasteiger partial charge on any atom is -0.453 e. The van der Waals surface area contributed by atoms with E-state index in [4.69, 9.17) is 12.2 Å². The topological polar surface area (TPSA) is 62.7 Å². The van der Waals surface area contributed by atoms with Crippen molar-refractivity contribution in [1.82, 2.24) is 5.32 Å². The molecule has 0 fully saturated rings. The number of carbonyl (C=O) groups is 1. The number of hydrogen-bond acceptors (Lipinski definition) is 4. The Hall–Kier alpha value is -2.25. The number of hydrogen-bond donors (Lipinski definition) is 2. The summed E-state index contributed by atoms with van der Waals surface area (Å²) >= 11 is 8.48. The molecule has 0 saturated heterocycles. The summed E-state index contributed by atoms with van der Waals surface area (Å²) in [5.41, 5.74) is 2.33. The van der Waals surface area contributed by atoms with Gasteiger partial charge in [0.05, 0.1) is 18.5 Å². The zero-order chi connectivity index (χ0) is 16.7. The molecule has 0 unspecified atom stereocenters. The first-order chi connectivity index (χ1) is 11.1. The van der Waals surface area contributed by atoms with Gasteiger partial charge in [-0.15, -0.1) is 0 Å². The molecule has 5 nitrogen and oxygen atoms in total. The number of aliphatic imine (C=N–C) groups is 1. The molecule has 0 aliphatic heterocycles. The van der Waals surface area contributed by atoms with E-state index in [-0.39, 0.29) is 5.11 Å². The van der Waals surface area contributed by atoms with Crippen LogP contribution in [0.4, 0.5) is 16.2 Å². The van der Waals surface area contributed by atoms with Crippen LogP contribution in [0.3, 0.4) is 0 Å². The molecule has 0 saturated carbocycles. The van der Waals surface area contributed by atoms with Gasteiger partial charge in [0.25, 0.3) is 0 Å². The van der Waals surface area contributed by atoms with E-state index < -0.39 is 6.09 Å². The molecule has 23 heavy (non-hydrogen) atoms. The Morgan fingerprint density at radius 1 is 1.26 bits per heavy atom. The third-order valence-corrected chi connectivity index (χ3v) is 3.46. The average Bonchev–Trinajstić information content (AvgIpc) is 2.55. The first kappa shape index (κ1) is 17.1. The Morgan fingerprint density at radius 2 is 2.00 bits per heavy atom. The van der Waals surface area contributed by atoms with Crippen molar-refractivity contribution in [3.05, 3.63) is 58.6 Å². The van der Waals surface area contributed by atoms with E-state index in [1.54, 1.807) is 6.21 Å². The standard InChI is InChI=1S/C16H14BrN3O2S/c1-22-16(21)20-15(23)19-13-8-7-12(17)9-14(13)18-10-11-5-3-2-4-6-11/h2-10H,1H3,(H2,19,20,21,23)/b18-10+. The minimum atomic E-state index is -0.631. The van der Waals surface area contributed by atoms with Crippen molar-refractivity contribution >= 4 is 56.9 Å². The highest BCUT2D eigenvalue weighted by Crippen LogP contribution is 2.28. The summed E-state index contributed by atoms with van der Waals surface area (Å²) in [5.74, 6) is 0. The van der Waals surface area contributed by atoms with Crippen LogP contribution in [-0.4, -0.2) is 24.5 Å². The van der Waals surface area contributed by atoms with Crippen LogP contribution in [0, 0.1) is 0 Å². The molecule has 0 aliphatic rings. The van der Waals surface area contributed by atoms with Gasteiger partial charge in [-0.25, -0.2) is 4.79 Å². The lowest BCUT2D eigenvalue weighted by Gasteiger charge is -2.11. The van der Waals surface area contributed by atoms with Gasteiger partial charge in [-0.1, -0.05) is 46.3 Å². The maximum absolute atomic E-state index is 11.2. The van der Waals surface area contributed by atoms with Crippen LogP contribution >= 0.6 is 28.1 Å². The third kappa shape index (κ3) is 5.46. The zero-order valence-electron chi connectivity index (χ0n) is 12.2. The first-order valence-corrected chi connectivity index (χ1v) is 7.83. The van der Waals surface area contributed by atoms with E-state index >= 15 is 0 Å². The number of carbonyl (C=O) groups excluding carboxylic acids is 1. The minimum absolute atomic E-state index is 0.135. The fourth-order valence-electron chi connectivity index (χ4n) is 1.70. The lowest BCUT2D eigenvalue weighted by molar-refractivity contribution is 0.177. The van der Waals surface area contributed by atoms with Gasteiger partial charge >= 0.3 is 6.09 Å². The molecule has 7 heteroatoms. The molecule has 2 rings (SSSR count). The van der Waals surface area contributed by atoms with E-state index in [0.717, 1.165) is 10.0 Å². The summed E-state index contributed by atoms with van der Waals surface area (Å²) in [4.78, 5) is 15.6. The van der Waals surface area contributed by atoms with Gasteiger partial charge in [-0.2, -0.15) is 0 Å². The highest BCUT2D eigenvalue weighted by molar-refractivity contribution is 9.10. The van der Waals surface area contributed by atoms with Gasteiger partial charge in [-0.05, 0) is 36.0 Å². The monoisotopic (exact) mass is 391 g/mol. The quantitative estimate of drug-likeness (QED) is 0.606. The molecule has 2 aromatic carbocycles. The number of nitrogens with one attached hydrogen (secondary N) is 2. The van der Waals surface area contributed by atoms with Crippen LogP contribution in [0.25, 0.3) is 0 Å². The van der Waals surface area contributed by atoms with Crippen molar-refractivity contribution in [2.45, 2.75) is 0 Å². The van der Waals surface area contributed by atoms with Crippen LogP contribution in [0.5, 0.6) is 0 Å². The number of amides is 1. The summed E-state index contributed by atoms with van der Waals surface area (Å²) in [6, 6.07) is 15.3. The number of rotatable bonds is 3. The van der Waals surface area contributed by atoms with Crippen LogP contribution in [0.15, 0.2) is 58.0 Å². The Kier molecular flexibility index (Phi) is 6.25. The first-order valence-electron chi connectivity index (χ1n) is 6.63. The number of benzene rings is 2. The number of nitrogens with zero attached hydrogens (tertiary/aromatic N) is 1. The number of methoxy groups -OCH3 is 1. The molecule has 0 aromatic heterocycles. The smallest absolute Gasteiger partial charge is 0.413 e. The van der Waals surface area contributed by atoms with Crippen molar-refractivity contribution < 1.29 is 9.53 Å². The van der Waals surface area contributed by atoms with E-state index in [2.05, 4.69) is 36.3 Å². The van der Waals surface area contributed by atoms with E-state index in [1.165, 1.54) is 7.11 Å². The second-order valence-electron chi connectivity index (χ2n) is 4.40. The van der Waals surface area contributed by atoms with Crippen LogP contribution in [0.2, 0.25) is 0 Å². The van der Waals surface area contributed by atoms with Gasteiger partial charge < -0.3 is 10.1 Å². The fourth-order valence-corrected chi connectivity index (χ4v) is 2.24. The van der Waals surface area contributed by atoms with E-state index in [9.17, 15) is 4.79 Å². The van der Waals surface area contributed by atoms with Crippen molar-refractivity contribution in [1.29, 1.82) is 0 Å². The predicted octanol–water partition coefficient (Wildman–Crippen LogP) is 4.25. The summed E-state index contributed by atoms with van der Waals surface area (Å²) < 4.78 is 5.38. The highest BCUT2D eigenvalue weighted by Gasteiger charge is 2.07. The number of thiocarbonyl (C=S) groups is 1. The second kappa shape index (κ2) is 8.40. The average molecular weight is 392 g/mol. The van der Waals surface area contributed by atoms with E-state index in [1.807, 2.05) is 48.5 Å². The van der Waals surface area contributed by atoms with Gasteiger partial charge in [0, 0.05) is 10.7 Å². The van der Waals surface area contributed by atoms with Gasteiger partial charge in [0.1, 0.15) is 0 Å². The predicted molar refractivity (Wildman–Crippen MR) is 99.6 cm³/mol. The Morgan fingerprint density at radius 3 is 2.70 bits per heavy atom. The number of halogens is 1. The Labute approximate surface area is 147 Å². The zero-order valence-corrected chi connectivity index (χ0v) is 14.6. The fraction of sp³-hybridized carbons (Fsp3) is 0.0625. The van der Waals surface area contributed by atoms with Crippen molar-refractivity contribution in [2.75, 3.05) is 12.4 Å². The summed E-state index contributed by atoms with van der Waals surface area (Å²) in [5, 5.41) is 5.45. The molecular weight excluding hydrogens is 378 g/mol. The molecule has 0 radical (unpaired) electrons. The number of anilines is 1. The Balaban J connectivity index is 2.19. The summed E-state index contributed by atoms with van der Waals surface area (Å²) in [6.45, 7) is 0. The van der Waals surface area contributed by atoms with E-state index in [0.29, 0.717) is 11.4 Å². The van der Waals surface area contributed by atoms with Crippen molar-refractivity contribution in [3.8, 4) is 0 Å². The largest absolute Gasteiger partial charge is 0.453 e. The molecule has 2 N–H and O–H groups in total. The molecular formula is C16H14BrN3O2S. The number of alkyl carbamates (subject to hydrolysis) is 1. The molecule has 0 bridgehead atoms. The van der Waals surface area contributed by atoms with Crippen LogP contribution in [-0.2, 0) is 4.74 Å². The lowest BCUT2D eigenvalue weighted by Crippen LogP contribution is -2.33. The summed E-state index contributed by atoms with van der Waals surface area (Å²) in [7, 11) is 1.27. The molecule has 0 heterocycles. The molecule has 1 amide bonds. The molecule has 0 atom stereocenters. The molecule has 0 spiro atoms. The highest BCUT2D eigenvalue weighted by atomic mass is 79.9. The van der Waals surface area contributed by atoms with Gasteiger partial charge in [0.15, 0.2) is 5.11 Å². The molecule has 0 aliphatic carbocycles. The Bertz CT molecular complexity index is 735. The maximum Gasteiger partial charge on any atom is 0.413 e. The second-order valence-corrected chi connectivity index (χ2v) is 5.72. The van der Waals surface area contributed by atoms with Crippen molar-refractivity contribution in [3.63, 3.8) is 0 Å². The normalized spacial score (nSPS) is 10.3. The van der Waals surface area contributed by atoms with Crippen LogP contribution in [0.1, 0.15) is 5.56 Å². The maximum atomic E-state index is 11.2. The molecule has 118 valence electrons. The SMILES string of the molecule is COC(=O)NC(=S)Nc1ccc(Br)cc1/N=C/c1ccccc1.